The van der Waals surface area contributed by atoms with Crippen LogP contribution in [0.15, 0.2) is 48.9 Å². The Hall–Kier alpha value is -2.24. The van der Waals surface area contributed by atoms with Gasteiger partial charge in [0.1, 0.15) is 0 Å². The van der Waals surface area contributed by atoms with Gasteiger partial charge in [0.15, 0.2) is 5.82 Å². The number of likely N-dealkylation sites (tertiary alicyclic amines) is 1. The topological polar surface area (TPSA) is 39.7 Å². The van der Waals surface area contributed by atoms with Crippen LogP contribution in [-0.2, 0) is 0 Å². The summed E-state index contributed by atoms with van der Waals surface area (Å²) >= 11 is 12.0. The van der Waals surface area contributed by atoms with Crippen LogP contribution >= 0.6 is 23.2 Å². The zero-order valence-corrected chi connectivity index (χ0v) is 16.5. The van der Waals surface area contributed by atoms with E-state index in [2.05, 4.69) is 16.1 Å². The van der Waals surface area contributed by atoms with Gasteiger partial charge in [-0.25, -0.2) is 4.98 Å². The summed E-state index contributed by atoms with van der Waals surface area (Å²) in [6, 6.07) is 9.30. The largest absolute Gasteiger partial charge is 0.347 e. The highest BCUT2D eigenvalue weighted by Crippen LogP contribution is 2.35. The number of benzene rings is 1. The molecular weight excluding hydrogens is 383 g/mol. The molecule has 2 aliphatic heterocycles. The van der Waals surface area contributed by atoms with Crippen LogP contribution in [0.1, 0.15) is 23.2 Å². The molecule has 0 unspecified atom stereocenters. The van der Waals surface area contributed by atoms with Crippen molar-refractivity contribution in [2.75, 3.05) is 29.9 Å². The van der Waals surface area contributed by atoms with Gasteiger partial charge in [-0.1, -0.05) is 23.2 Å². The molecule has 27 heavy (non-hydrogen) atoms. The molecule has 4 rings (SSSR count). The smallest absolute Gasteiger partial charge is 0.253 e. The fourth-order valence-corrected chi connectivity index (χ4v) is 3.90. The molecular formula is C20H20Cl2N4O. The Morgan fingerprint density at radius 3 is 2.48 bits per heavy atom. The average Bonchev–Trinajstić information content (AvgIpc) is 2.69. The molecule has 0 spiro atoms. The fraction of sp³-hybridized carbons (Fsp3) is 0.300. The maximum atomic E-state index is 12.7. The number of fused-ring (bicyclic) bond motifs is 1. The summed E-state index contributed by atoms with van der Waals surface area (Å²) < 4.78 is 0. The third-order valence-corrected chi connectivity index (χ3v) is 5.58. The lowest BCUT2D eigenvalue weighted by Gasteiger charge is -2.40. The first-order valence-electron chi connectivity index (χ1n) is 8.93. The van der Waals surface area contributed by atoms with Crippen molar-refractivity contribution < 1.29 is 4.79 Å². The van der Waals surface area contributed by atoms with Crippen molar-refractivity contribution in [3.63, 3.8) is 0 Å². The molecule has 1 aromatic heterocycles. The molecule has 1 aromatic carbocycles. The number of carbonyl (C=O) groups is 1. The van der Waals surface area contributed by atoms with E-state index in [4.69, 9.17) is 23.2 Å². The summed E-state index contributed by atoms with van der Waals surface area (Å²) in [7, 11) is 1.98. The number of amides is 1. The maximum absolute atomic E-state index is 12.7. The van der Waals surface area contributed by atoms with E-state index in [1.165, 1.54) is 0 Å². The number of pyridine rings is 1. The van der Waals surface area contributed by atoms with Crippen LogP contribution in [-0.4, -0.2) is 42.0 Å². The van der Waals surface area contributed by atoms with E-state index in [-0.39, 0.29) is 5.91 Å². The van der Waals surface area contributed by atoms with Gasteiger partial charge in [0.05, 0.1) is 10.7 Å². The minimum absolute atomic E-state index is 0.0596. The van der Waals surface area contributed by atoms with E-state index in [0.717, 1.165) is 37.4 Å². The normalized spacial score (nSPS) is 17.2. The summed E-state index contributed by atoms with van der Waals surface area (Å²) in [6.45, 7) is 1.43. The van der Waals surface area contributed by atoms with Crippen LogP contribution in [0, 0.1) is 0 Å². The Morgan fingerprint density at radius 1 is 1.07 bits per heavy atom. The number of halogens is 2. The maximum Gasteiger partial charge on any atom is 0.253 e. The van der Waals surface area contributed by atoms with Crippen molar-refractivity contribution in [2.45, 2.75) is 18.9 Å². The summed E-state index contributed by atoms with van der Waals surface area (Å²) in [5.41, 5.74) is 1.67. The third-order valence-electron chi connectivity index (χ3n) is 5.13. The second-order valence-electron chi connectivity index (χ2n) is 6.84. The van der Waals surface area contributed by atoms with E-state index < -0.39 is 0 Å². The van der Waals surface area contributed by atoms with Gasteiger partial charge in [-0.05, 0) is 43.2 Å². The number of carbonyl (C=O) groups excluding carboxylic acids is 1. The molecule has 2 aromatic rings. The molecule has 5 nitrogen and oxygen atoms in total. The molecule has 1 saturated heterocycles. The third kappa shape index (κ3) is 3.62. The van der Waals surface area contributed by atoms with Crippen molar-refractivity contribution in [1.29, 1.82) is 0 Å². The molecule has 0 aliphatic carbocycles. The van der Waals surface area contributed by atoms with Crippen molar-refractivity contribution in [1.82, 2.24) is 9.88 Å². The van der Waals surface area contributed by atoms with Crippen LogP contribution in [0.2, 0.25) is 10.0 Å². The predicted octanol–water partition coefficient (Wildman–Crippen LogP) is 4.42. The summed E-state index contributed by atoms with van der Waals surface area (Å²) in [5, 5.41) is 1.26. The minimum Gasteiger partial charge on any atom is -0.347 e. The first kappa shape index (κ1) is 18.1. The van der Waals surface area contributed by atoms with Crippen LogP contribution in [0.5, 0.6) is 0 Å². The number of anilines is 2. The molecule has 1 fully saturated rings. The van der Waals surface area contributed by atoms with Gasteiger partial charge in [0.25, 0.3) is 5.91 Å². The zero-order chi connectivity index (χ0) is 19.0. The Labute approximate surface area is 168 Å². The number of piperidine rings is 1. The monoisotopic (exact) mass is 402 g/mol. The number of aromatic nitrogens is 1. The molecule has 1 amide bonds. The summed E-state index contributed by atoms with van der Waals surface area (Å²) in [6.07, 6.45) is 7.53. The second-order valence-corrected chi connectivity index (χ2v) is 7.72. The second kappa shape index (κ2) is 7.41. The highest BCUT2D eigenvalue weighted by molar-refractivity contribution is 6.31. The van der Waals surface area contributed by atoms with E-state index in [0.29, 0.717) is 21.7 Å². The average molecular weight is 403 g/mol. The first-order chi connectivity index (χ1) is 13.0. The molecule has 0 atom stereocenters. The summed E-state index contributed by atoms with van der Waals surface area (Å²) in [5.74, 6) is 0.969. The Kier molecular flexibility index (Phi) is 4.98. The van der Waals surface area contributed by atoms with Gasteiger partial charge < -0.3 is 14.7 Å². The number of hydrogen-bond donors (Lipinski definition) is 0. The molecule has 0 N–H and O–H groups in total. The Bertz CT molecular complexity index is 876. The van der Waals surface area contributed by atoms with Gasteiger partial charge >= 0.3 is 0 Å². The van der Waals surface area contributed by atoms with E-state index in [1.807, 2.05) is 29.1 Å². The van der Waals surface area contributed by atoms with Crippen molar-refractivity contribution >= 4 is 40.6 Å². The first-order valence-corrected chi connectivity index (χ1v) is 9.68. The van der Waals surface area contributed by atoms with Gasteiger partial charge in [-0.3, -0.25) is 4.79 Å². The van der Waals surface area contributed by atoms with Crippen LogP contribution < -0.4 is 9.80 Å². The van der Waals surface area contributed by atoms with Crippen molar-refractivity contribution in [2.24, 2.45) is 0 Å². The highest BCUT2D eigenvalue weighted by Gasteiger charge is 2.30. The van der Waals surface area contributed by atoms with E-state index in [9.17, 15) is 4.79 Å². The minimum atomic E-state index is 0.0596. The lowest BCUT2D eigenvalue weighted by atomic mass is 10.0. The standard InChI is InChI=1S/C20H20Cl2N4O/c1-24-10-11-26(19-18(24)12-16(22)13-23-19)17-6-8-25(9-7-17)20(27)14-2-4-15(21)5-3-14/h2-5,10-13,17H,6-9H2,1H3. The molecule has 2 aliphatic rings. The Balaban J connectivity index is 1.46. The fourth-order valence-electron chi connectivity index (χ4n) is 3.62. The Morgan fingerprint density at radius 2 is 1.78 bits per heavy atom. The summed E-state index contributed by atoms with van der Waals surface area (Å²) in [4.78, 5) is 23.4. The predicted molar refractivity (Wildman–Crippen MR) is 110 cm³/mol. The number of nitrogens with zero attached hydrogens (tertiary/aromatic N) is 4. The number of hydrogen-bond acceptors (Lipinski definition) is 4. The molecule has 0 radical (unpaired) electrons. The lowest BCUT2D eigenvalue weighted by molar-refractivity contribution is 0.0714. The van der Waals surface area contributed by atoms with Crippen molar-refractivity contribution in [3.05, 3.63) is 64.5 Å². The van der Waals surface area contributed by atoms with Gasteiger partial charge in [0, 0.05) is 55.4 Å². The molecule has 0 bridgehead atoms. The molecule has 7 heteroatoms. The van der Waals surface area contributed by atoms with E-state index >= 15 is 0 Å². The zero-order valence-electron chi connectivity index (χ0n) is 15.0. The van der Waals surface area contributed by atoms with Gasteiger partial charge in [0.2, 0.25) is 0 Å². The van der Waals surface area contributed by atoms with Crippen LogP contribution in [0.4, 0.5) is 11.5 Å². The van der Waals surface area contributed by atoms with Gasteiger partial charge in [-0.2, -0.15) is 0 Å². The number of rotatable bonds is 2. The lowest BCUT2D eigenvalue weighted by Crippen LogP contribution is -2.46. The van der Waals surface area contributed by atoms with Crippen molar-refractivity contribution in [3.8, 4) is 0 Å². The molecule has 140 valence electrons. The highest BCUT2D eigenvalue weighted by atomic mass is 35.5. The van der Waals surface area contributed by atoms with Gasteiger partial charge in [-0.15, -0.1) is 0 Å². The van der Waals surface area contributed by atoms with E-state index in [1.54, 1.807) is 30.5 Å². The van der Waals surface area contributed by atoms with Crippen LogP contribution in [0.3, 0.4) is 0 Å². The van der Waals surface area contributed by atoms with Crippen LogP contribution in [0.25, 0.3) is 0 Å². The SMILES string of the molecule is CN1C=CN(C2CCN(C(=O)c3ccc(Cl)cc3)CC2)c2ncc(Cl)cc21. The molecule has 3 heterocycles. The molecule has 0 saturated carbocycles. The quantitative estimate of drug-likeness (QED) is 0.744.